The van der Waals surface area contributed by atoms with Crippen LogP contribution in [0.15, 0.2) is 48.5 Å². The van der Waals surface area contributed by atoms with E-state index in [4.69, 9.17) is 4.74 Å². The second-order valence-corrected chi connectivity index (χ2v) is 4.00. The molecule has 2 aromatic carbocycles. The van der Waals surface area contributed by atoms with Crippen molar-refractivity contribution in [2.45, 2.75) is 0 Å². The third-order valence-corrected chi connectivity index (χ3v) is 2.81. The first-order chi connectivity index (χ1) is 8.75. The number of aromatic hydroxyl groups is 1. The number of ether oxygens (including phenoxy) is 1. The van der Waals surface area contributed by atoms with Crippen LogP contribution in [0.2, 0.25) is 0 Å². The Balaban J connectivity index is 2.10. The van der Waals surface area contributed by atoms with E-state index in [1.807, 2.05) is 24.3 Å². The number of benzene rings is 2. The van der Waals surface area contributed by atoms with Crippen LogP contribution in [-0.2, 0) is 4.79 Å². The molecule has 1 aliphatic rings. The van der Waals surface area contributed by atoms with Crippen LogP contribution in [0.1, 0.15) is 0 Å². The normalized spacial score (nSPS) is 14.0. The van der Waals surface area contributed by atoms with Crippen LogP contribution in [0.25, 0.3) is 0 Å². The Labute approximate surface area is 104 Å². The molecule has 3 rings (SSSR count). The summed E-state index contributed by atoms with van der Waals surface area (Å²) in [5, 5.41) is 9.29. The summed E-state index contributed by atoms with van der Waals surface area (Å²) in [5.74, 6) is 0.734. The van der Waals surface area contributed by atoms with Crippen LogP contribution in [-0.4, -0.2) is 17.6 Å². The quantitative estimate of drug-likeness (QED) is 0.834. The number of carbonyl (C=O) groups is 1. The highest BCUT2D eigenvalue weighted by Crippen LogP contribution is 2.36. The molecule has 0 aromatic heterocycles. The summed E-state index contributed by atoms with van der Waals surface area (Å²) >= 11 is 0. The SMILES string of the molecule is O=C1COc2ccccc2N1c1ccc(O)cc1. The van der Waals surface area contributed by atoms with Crippen LogP contribution in [0.3, 0.4) is 0 Å². The molecule has 0 saturated carbocycles. The van der Waals surface area contributed by atoms with Gasteiger partial charge in [-0.15, -0.1) is 0 Å². The van der Waals surface area contributed by atoms with Gasteiger partial charge in [-0.2, -0.15) is 0 Å². The fourth-order valence-electron chi connectivity index (χ4n) is 1.99. The van der Waals surface area contributed by atoms with Crippen LogP contribution in [0.5, 0.6) is 11.5 Å². The molecule has 0 unspecified atom stereocenters. The van der Waals surface area contributed by atoms with Gasteiger partial charge in [-0.05, 0) is 36.4 Å². The van der Waals surface area contributed by atoms with Gasteiger partial charge in [0.1, 0.15) is 11.5 Å². The lowest BCUT2D eigenvalue weighted by Gasteiger charge is -2.29. The topological polar surface area (TPSA) is 49.8 Å². The number of hydrogen-bond acceptors (Lipinski definition) is 3. The third-order valence-electron chi connectivity index (χ3n) is 2.81. The number of phenols is 1. The maximum Gasteiger partial charge on any atom is 0.269 e. The summed E-state index contributed by atoms with van der Waals surface area (Å²) in [6, 6.07) is 13.9. The molecule has 1 aliphatic heterocycles. The minimum absolute atomic E-state index is 0.0257. The van der Waals surface area contributed by atoms with Gasteiger partial charge in [0.25, 0.3) is 5.91 Å². The van der Waals surface area contributed by atoms with Crippen molar-refractivity contribution in [2.24, 2.45) is 0 Å². The van der Waals surface area contributed by atoms with Gasteiger partial charge < -0.3 is 9.84 Å². The van der Waals surface area contributed by atoms with E-state index in [0.29, 0.717) is 11.4 Å². The molecule has 4 heteroatoms. The molecule has 0 saturated heterocycles. The predicted molar refractivity (Wildman–Crippen MR) is 67.2 cm³/mol. The van der Waals surface area contributed by atoms with Gasteiger partial charge in [-0.3, -0.25) is 9.69 Å². The highest BCUT2D eigenvalue weighted by Gasteiger charge is 2.26. The molecule has 0 atom stereocenters. The fourth-order valence-corrected chi connectivity index (χ4v) is 1.99. The van der Waals surface area contributed by atoms with E-state index in [-0.39, 0.29) is 18.3 Å². The Morgan fingerprint density at radius 1 is 1.06 bits per heavy atom. The number of nitrogens with zero attached hydrogens (tertiary/aromatic N) is 1. The van der Waals surface area contributed by atoms with Crippen molar-refractivity contribution in [2.75, 3.05) is 11.5 Å². The molecule has 18 heavy (non-hydrogen) atoms. The van der Waals surface area contributed by atoms with Gasteiger partial charge in [-0.25, -0.2) is 0 Å². The fraction of sp³-hybridized carbons (Fsp3) is 0.0714. The van der Waals surface area contributed by atoms with Crippen LogP contribution in [0, 0.1) is 0 Å². The summed E-state index contributed by atoms with van der Waals surface area (Å²) in [4.78, 5) is 13.6. The number of carbonyl (C=O) groups excluding carboxylic acids is 1. The van der Waals surface area contributed by atoms with Crippen molar-refractivity contribution in [1.82, 2.24) is 0 Å². The van der Waals surface area contributed by atoms with E-state index in [9.17, 15) is 9.90 Å². The summed E-state index contributed by atoms with van der Waals surface area (Å²) < 4.78 is 5.37. The minimum Gasteiger partial charge on any atom is -0.508 e. The Hall–Kier alpha value is -2.49. The Morgan fingerprint density at radius 3 is 2.56 bits per heavy atom. The lowest BCUT2D eigenvalue weighted by atomic mass is 10.2. The highest BCUT2D eigenvalue weighted by molar-refractivity contribution is 6.04. The second kappa shape index (κ2) is 4.07. The molecule has 4 nitrogen and oxygen atoms in total. The molecule has 0 spiro atoms. The molecular formula is C14H11NO3. The summed E-state index contributed by atoms with van der Waals surface area (Å²) in [5.41, 5.74) is 1.44. The molecular weight excluding hydrogens is 230 g/mol. The van der Waals surface area contributed by atoms with Crippen molar-refractivity contribution in [3.05, 3.63) is 48.5 Å². The highest BCUT2D eigenvalue weighted by atomic mass is 16.5. The lowest BCUT2D eigenvalue weighted by molar-refractivity contribution is -0.120. The van der Waals surface area contributed by atoms with E-state index < -0.39 is 0 Å². The smallest absolute Gasteiger partial charge is 0.269 e. The van der Waals surface area contributed by atoms with Crippen LogP contribution >= 0.6 is 0 Å². The van der Waals surface area contributed by atoms with E-state index in [0.717, 1.165) is 5.69 Å². The molecule has 0 fully saturated rings. The summed E-state index contributed by atoms with van der Waals surface area (Å²) in [7, 11) is 0. The number of fused-ring (bicyclic) bond motifs is 1. The largest absolute Gasteiger partial charge is 0.508 e. The molecule has 1 heterocycles. The number of anilines is 2. The van der Waals surface area contributed by atoms with Gasteiger partial charge in [0.15, 0.2) is 6.61 Å². The number of amides is 1. The predicted octanol–water partition coefficient (Wildman–Crippen LogP) is 2.45. The molecule has 0 bridgehead atoms. The number of phenolic OH excluding ortho intramolecular Hbond substituents is 1. The standard InChI is InChI=1S/C14H11NO3/c16-11-7-5-10(6-8-11)15-12-3-1-2-4-13(12)18-9-14(15)17/h1-8,16H,9H2. The summed E-state index contributed by atoms with van der Waals surface area (Å²) in [6.45, 7) is 0.0257. The van der Waals surface area contributed by atoms with Crippen LogP contribution in [0.4, 0.5) is 11.4 Å². The first-order valence-electron chi connectivity index (χ1n) is 5.59. The zero-order valence-corrected chi connectivity index (χ0v) is 9.54. The van der Waals surface area contributed by atoms with Crippen molar-refractivity contribution in [3.8, 4) is 11.5 Å². The zero-order chi connectivity index (χ0) is 12.5. The number of rotatable bonds is 1. The molecule has 90 valence electrons. The van der Waals surface area contributed by atoms with E-state index in [1.54, 1.807) is 29.2 Å². The van der Waals surface area contributed by atoms with E-state index in [1.165, 1.54) is 0 Å². The monoisotopic (exact) mass is 241 g/mol. The molecule has 0 radical (unpaired) electrons. The van der Waals surface area contributed by atoms with Gasteiger partial charge in [-0.1, -0.05) is 12.1 Å². The Morgan fingerprint density at radius 2 is 1.78 bits per heavy atom. The van der Waals surface area contributed by atoms with Crippen molar-refractivity contribution >= 4 is 17.3 Å². The minimum atomic E-state index is -0.126. The maximum atomic E-state index is 12.0. The molecule has 0 aliphatic carbocycles. The van der Waals surface area contributed by atoms with Gasteiger partial charge in [0.2, 0.25) is 0 Å². The average molecular weight is 241 g/mol. The first-order valence-corrected chi connectivity index (χ1v) is 5.59. The van der Waals surface area contributed by atoms with Gasteiger partial charge >= 0.3 is 0 Å². The second-order valence-electron chi connectivity index (χ2n) is 4.00. The first kappa shape index (κ1) is 10.7. The van der Waals surface area contributed by atoms with Gasteiger partial charge in [0.05, 0.1) is 5.69 Å². The Bertz CT molecular complexity index is 592. The molecule has 1 amide bonds. The summed E-state index contributed by atoms with van der Waals surface area (Å²) in [6.07, 6.45) is 0. The Kier molecular flexibility index (Phi) is 2.41. The average Bonchev–Trinajstić information content (AvgIpc) is 2.40. The third kappa shape index (κ3) is 1.68. The van der Waals surface area contributed by atoms with Crippen LogP contribution < -0.4 is 9.64 Å². The zero-order valence-electron chi connectivity index (χ0n) is 9.54. The van der Waals surface area contributed by atoms with Crippen molar-refractivity contribution in [3.63, 3.8) is 0 Å². The van der Waals surface area contributed by atoms with Gasteiger partial charge in [0, 0.05) is 5.69 Å². The maximum absolute atomic E-state index is 12.0. The molecule has 1 N–H and O–H groups in total. The number of hydrogen-bond donors (Lipinski definition) is 1. The van der Waals surface area contributed by atoms with Crippen molar-refractivity contribution < 1.29 is 14.6 Å². The van der Waals surface area contributed by atoms with Crippen molar-refractivity contribution in [1.29, 1.82) is 0 Å². The van der Waals surface area contributed by atoms with E-state index in [2.05, 4.69) is 0 Å². The molecule has 2 aromatic rings. The van der Waals surface area contributed by atoms with E-state index >= 15 is 0 Å². The lowest BCUT2D eigenvalue weighted by Crippen LogP contribution is -2.34. The number of para-hydroxylation sites is 2.